The fourth-order valence-corrected chi connectivity index (χ4v) is 2.63. The van der Waals surface area contributed by atoms with Crippen LogP contribution < -0.4 is 0 Å². The zero-order valence-electron chi connectivity index (χ0n) is 18.4. The van der Waals surface area contributed by atoms with E-state index in [0.717, 1.165) is 17.8 Å². The first-order valence-electron chi connectivity index (χ1n) is 9.52. The monoisotopic (exact) mass is 432 g/mol. The maximum absolute atomic E-state index is 12.1. The molecule has 0 aromatic rings. The Morgan fingerprint density at radius 3 is 1.43 bits per heavy atom. The summed E-state index contributed by atoms with van der Waals surface area (Å²) >= 11 is 0. The van der Waals surface area contributed by atoms with E-state index in [9.17, 15) is 9.59 Å². The first kappa shape index (κ1) is 26.5. The smallest absolute Gasteiger partial charge is 0.143 e. The average Bonchev–Trinajstić information content (AvgIpc) is 2.53. The number of carbonyl (C=O) groups is 2. The molecule has 0 fully saturated rings. The molecule has 7 heteroatoms. The first-order valence-corrected chi connectivity index (χ1v) is 9.52. The number of carbonyl (C=O) groups excluding carboxylic acids is 2. The van der Waals surface area contributed by atoms with Crippen molar-refractivity contribution in [2.75, 3.05) is 13.1 Å². The number of rotatable bonds is 2. The van der Waals surface area contributed by atoms with Crippen molar-refractivity contribution in [1.82, 2.24) is 0 Å². The van der Waals surface area contributed by atoms with E-state index in [4.69, 9.17) is 9.98 Å². The summed E-state index contributed by atoms with van der Waals surface area (Å²) in [5.74, 6) is -0.812. The van der Waals surface area contributed by atoms with E-state index < -0.39 is 22.9 Å². The molecular formula is C21H34N4NiO2. The molecule has 0 bridgehead atoms. The van der Waals surface area contributed by atoms with Gasteiger partial charge in [-0.1, -0.05) is 0 Å². The SMILES string of the molecule is CC(=O)C1C=NC(C)(C)C(C)(C)N=CC(C(C)=O)C(C)=NCCCN=C1C.[Ni]. The fraction of sp³-hybridized carbons (Fsp3) is 0.714. The van der Waals surface area contributed by atoms with Gasteiger partial charge >= 0.3 is 0 Å². The van der Waals surface area contributed by atoms with Gasteiger partial charge in [0.25, 0.3) is 0 Å². The number of hydrogen-bond donors (Lipinski definition) is 0. The van der Waals surface area contributed by atoms with E-state index in [1.54, 1.807) is 26.3 Å². The molecule has 0 radical (unpaired) electrons. The Balaban J connectivity index is 0.00000729. The summed E-state index contributed by atoms with van der Waals surface area (Å²) in [4.78, 5) is 42.6. The second-order valence-electron chi connectivity index (χ2n) is 8.25. The number of hydrogen-bond acceptors (Lipinski definition) is 6. The third kappa shape index (κ3) is 7.16. The molecule has 0 aromatic heterocycles. The molecule has 6 nitrogen and oxygen atoms in total. The molecule has 0 aliphatic carbocycles. The summed E-state index contributed by atoms with van der Waals surface area (Å²) in [6.45, 7) is 16.0. The predicted molar refractivity (Wildman–Crippen MR) is 114 cm³/mol. The van der Waals surface area contributed by atoms with E-state index in [-0.39, 0.29) is 28.1 Å². The third-order valence-corrected chi connectivity index (χ3v) is 5.40. The van der Waals surface area contributed by atoms with Crippen molar-refractivity contribution in [1.29, 1.82) is 0 Å². The summed E-state index contributed by atoms with van der Waals surface area (Å²) in [6, 6.07) is 0. The number of aliphatic imine (C=N–C) groups is 4. The molecule has 2 unspecified atom stereocenters. The Morgan fingerprint density at radius 1 is 0.821 bits per heavy atom. The molecule has 0 aromatic carbocycles. The average molecular weight is 433 g/mol. The quantitative estimate of drug-likeness (QED) is 0.626. The minimum atomic E-state index is -0.565. The topological polar surface area (TPSA) is 83.6 Å². The van der Waals surface area contributed by atoms with Crippen LogP contribution in [0.2, 0.25) is 0 Å². The van der Waals surface area contributed by atoms with Gasteiger partial charge in [-0.15, -0.1) is 0 Å². The molecule has 0 amide bonds. The summed E-state index contributed by atoms with van der Waals surface area (Å²) in [5, 5.41) is 0. The van der Waals surface area contributed by atoms with Crippen molar-refractivity contribution < 1.29 is 26.1 Å². The molecule has 28 heavy (non-hydrogen) atoms. The Labute approximate surface area is 179 Å². The normalized spacial score (nSPS) is 25.4. The molecule has 0 N–H and O–H groups in total. The number of nitrogens with zero attached hydrogens (tertiary/aromatic N) is 4. The summed E-state index contributed by atoms with van der Waals surface area (Å²) in [7, 11) is 0. The van der Waals surface area contributed by atoms with Gasteiger partial charge in [0, 0.05) is 53.4 Å². The van der Waals surface area contributed by atoms with Crippen molar-refractivity contribution in [3.8, 4) is 0 Å². The molecule has 1 rings (SSSR count). The summed E-state index contributed by atoms with van der Waals surface area (Å²) in [5.41, 5.74) is 0.398. The largest absolute Gasteiger partial charge is 0.299 e. The van der Waals surface area contributed by atoms with Crippen LogP contribution in [0, 0.1) is 11.8 Å². The number of Topliss-reactive ketones (excluding diaryl/α,β-unsaturated/α-hetero) is 2. The van der Waals surface area contributed by atoms with Gasteiger partial charge in [-0.05, 0) is 61.8 Å². The number of ketones is 2. The van der Waals surface area contributed by atoms with E-state index in [0.29, 0.717) is 13.1 Å². The van der Waals surface area contributed by atoms with Crippen LogP contribution in [0.4, 0.5) is 0 Å². The Kier molecular flexibility index (Phi) is 10.3. The van der Waals surface area contributed by atoms with Gasteiger partial charge in [0.1, 0.15) is 11.6 Å². The van der Waals surface area contributed by atoms with Crippen LogP contribution in [-0.2, 0) is 26.1 Å². The van der Waals surface area contributed by atoms with Crippen LogP contribution in [0.3, 0.4) is 0 Å². The van der Waals surface area contributed by atoms with Gasteiger partial charge in [-0.2, -0.15) is 0 Å². The minimum Gasteiger partial charge on any atom is -0.299 e. The van der Waals surface area contributed by atoms with Crippen LogP contribution in [0.5, 0.6) is 0 Å². The molecule has 2 atom stereocenters. The minimum absolute atomic E-state index is 0. The second-order valence-corrected chi connectivity index (χ2v) is 8.25. The Hall–Kier alpha value is -1.49. The van der Waals surface area contributed by atoms with Crippen LogP contribution >= 0.6 is 0 Å². The molecule has 1 heterocycles. The van der Waals surface area contributed by atoms with E-state index in [2.05, 4.69) is 9.98 Å². The maximum Gasteiger partial charge on any atom is 0.143 e. The van der Waals surface area contributed by atoms with Gasteiger partial charge in [-0.3, -0.25) is 29.6 Å². The Bertz CT molecular complexity index is 633. The van der Waals surface area contributed by atoms with Gasteiger partial charge in [-0.25, -0.2) is 0 Å². The molecule has 1 aliphatic rings. The van der Waals surface area contributed by atoms with Crippen molar-refractivity contribution in [2.45, 2.75) is 72.9 Å². The summed E-state index contributed by atoms with van der Waals surface area (Å²) in [6.07, 6.45) is 4.15. The maximum atomic E-state index is 12.1. The summed E-state index contributed by atoms with van der Waals surface area (Å²) < 4.78 is 0. The van der Waals surface area contributed by atoms with Gasteiger partial charge in [0.2, 0.25) is 0 Å². The third-order valence-electron chi connectivity index (χ3n) is 5.40. The zero-order chi connectivity index (χ0) is 20.8. The van der Waals surface area contributed by atoms with Crippen molar-refractivity contribution in [3.63, 3.8) is 0 Å². The van der Waals surface area contributed by atoms with Crippen molar-refractivity contribution in [2.24, 2.45) is 31.8 Å². The van der Waals surface area contributed by atoms with Crippen LogP contribution in [0.25, 0.3) is 0 Å². The standard InChI is InChI=1S/C21H34N4O2.Ni/c1-14-18(16(3)26)12-24-20(5,6)21(7,8)25-13-19(17(4)27)15(2)23-11-9-10-22-14;/h12-13,18-19H,9-11H2,1-8H3;. The van der Waals surface area contributed by atoms with Gasteiger partial charge in [0.15, 0.2) is 0 Å². The molecular weight excluding hydrogens is 399 g/mol. The Morgan fingerprint density at radius 2 is 1.14 bits per heavy atom. The van der Waals surface area contributed by atoms with Gasteiger partial charge in [0.05, 0.1) is 22.9 Å². The van der Waals surface area contributed by atoms with E-state index in [1.165, 1.54) is 0 Å². The van der Waals surface area contributed by atoms with Crippen molar-refractivity contribution >= 4 is 35.4 Å². The fourth-order valence-electron chi connectivity index (χ4n) is 2.63. The molecule has 0 saturated heterocycles. The van der Waals surface area contributed by atoms with Crippen LogP contribution in [0.1, 0.15) is 61.8 Å². The van der Waals surface area contributed by atoms with E-state index in [1.807, 2.05) is 41.5 Å². The second kappa shape index (κ2) is 10.9. The van der Waals surface area contributed by atoms with E-state index >= 15 is 0 Å². The molecule has 160 valence electrons. The van der Waals surface area contributed by atoms with Crippen molar-refractivity contribution in [3.05, 3.63) is 0 Å². The zero-order valence-corrected chi connectivity index (χ0v) is 19.3. The molecule has 0 spiro atoms. The first-order chi connectivity index (χ1) is 12.4. The van der Waals surface area contributed by atoms with Crippen LogP contribution in [-0.4, -0.2) is 59.6 Å². The molecule has 0 saturated carbocycles. The van der Waals surface area contributed by atoms with Crippen LogP contribution in [0.15, 0.2) is 20.0 Å². The van der Waals surface area contributed by atoms with Gasteiger partial charge < -0.3 is 0 Å². The molecule has 1 aliphatic heterocycles. The predicted octanol–water partition coefficient (Wildman–Crippen LogP) is 3.42.